The summed E-state index contributed by atoms with van der Waals surface area (Å²) in [5.41, 5.74) is 1.26. The van der Waals surface area contributed by atoms with Gasteiger partial charge in [0.2, 0.25) is 6.41 Å². The van der Waals surface area contributed by atoms with Crippen molar-refractivity contribution in [2.75, 3.05) is 26.2 Å². The second-order valence-electron chi connectivity index (χ2n) is 6.75. The van der Waals surface area contributed by atoms with E-state index in [1.807, 2.05) is 32.0 Å². The van der Waals surface area contributed by atoms with Crippen molar-refractivity contribution < 1.29 is 9.53 Å². The maximum atomic E-state index is 10.6. The summed E-state index contributed by atoms with van der Waals surface area (Å²) >= 11 is 0. The second-order valence-corrected chi connectivity index (χ2v) is 6.75. The highest BCUT2D eigenvalue weighted by molar-refractivity contribution is 5.47. The third-order valence-corrected chi connectivity index (χ3v) is 4.66. The number of carbonyl (C=O) groups excluding carboxylic acids is 1. The van der Waals surface area contributed by atoms with Gasteiger partial charge in [0.05, 0.1) is 12.7 Å². The summed E-state index contributed by atoms with van der Waals surface area (Å²) in [6.07, 6.45) is 3.33. The Bertz CT molecular complexity index is 459. The van der Waals surface area contributed by atoms with Crippen molar-refractivity contribution in [2.45, 2.75) is 65.6 Å². The number of hydrogen-bond donors (Lipinski definition) is 0. The van der Waals surface area contributed by atoms with Gasteiger partial charge in [-0.2, -0.15) is 0 Å². The van der Waals surface area contributed by atoms with Gasteiger partial charge < -0.3 is 9.64 Å². The van der Waals surface area contributed by atoms with Crippen molar-refractivity contribution >= 4 is 6.41 Å². The lowest BCUT2D eigenvalue weighted by atomic mass is 10.0. The first-order chi connectivity index (χ1) is 12.1. The Morgan fingerprint density at radius 3 is 2.32 bits per heavy atom. The van der Waals surface area contributed by atoms with Crippen LogP contribution in [0.4, 0.5) is 0 Å². The Labute approximate surface area is 154 Å². The first kappa shape index (κ1) is 21.7. The molecule has 2 fully saturated rings. The SMILES string of the molecule is CC.CC(C)N1CCC1C.O=CN1CCOC(Cc2ccccc2)C1. The van der Waals surface area contributed by atoms with Gasteiger partial charge in [0.1, 0.15) is 0 Å². The zero-order valence-corrected chi connectivity index (χ0v) is 16.6. The van der Waals surface area contributed by atoms with Gasteiger partial charge in [-0.05, 0) is 32.8 Å². The quantitative estimate of drug-likeness (QED) is 0.780. The zero-order valence-electron chi connectivity index (χ0n) is 16.6. The van der Waals surface area contributed by atoms with Crippen LogP contribution in [-0.2, 0) is 16.0 Å². The molecule has 2 aliphatic heterocycles. The molecule has 2 saturated heterocycles. The highest BCUT2D eigenvalue weighted by atomic mass is 16.5. The Balaban J connectivity index is 0.000000264. The predicted molar refractivity (Wildman–Crippen MR) is 105 cm³/mol. The standard InChI is InChI=1S/C12H15NO2.C7H15N.C2H6/c14-10-13-6-7-15-12(9-13)8-11-4-2-1-3-5-11;1-6(2)8-5-4-7(8)3;1-2/h1-5,10,12H,6-9H2;6-7H,4-5H2,1-3H3;1-2H3. The fourth-order valence-corrected chi connectivity index (χ4v) is 3.14. The average Bonchev–Trinajstić information content (AvgIpc) is 2.63. The molecule has 25 heavy (non-hydrogen) atoms. The number of carbonyl (C=O) groups is 1. The van der Waals surface area contributed by atoms with Crippen LogP contribution in [0, 0.1) is 0 Å². The Morgan fingerprint density at radius 1 is 1.20 bits per heavy atom. The third-order valence-electron chi connectivity index (χ3n) is 4.66. The molecule has 0 N–H and O–H groups in total. The minimum absolute atomic E-state index is 0.145. The lowest BCUT2D eigenvalue weighted by molar-refractivity contribution is -0.125. The van der Waals surface area contributed by atoms with Crippen LogP contribution in [0.3, 0.4) is 0 Å². The van der Waals surface area contributed by atoms with Gasteiger partial charge in [0.15, 0.2) is 0 Å². The van der Waals surface area contributed by atoms with Gasteiger partial charge >= 0.3 is 0 Å². The molecule has 0 aliphatic carbocycles. The number of nitrogens with zero attached hydrogens (tertiary/aromatic N) is 2. The van der Waals surface area contributed by atoms with E-state index < -0.39 is 0 Å². The van der Waals surface area contributed by atoms with Crippen LogP contribution in [0.1, 0.15) is 46.6 Å². The number of hydrogen-bond acceptors (Lipinski definition) is 3. The predicted octanol–water partition coefficient (Wildman–Crippen LogP) is 3.60. The topological polar surface area (TPSA) is 32.8 Å². The summed E-state index contributed by atoms with van der Waals surface area (Å²) in [5, 5.41) is 0. The Hall–Kier alpha value is -1.39. The summed E-state index contributed by atoms with van der Waals surface area (Å²) in [5.74, 6) is 0. The molecule has 1 amide bonds. The molecule has 2 unspecified atom stereocenters. The number of amides is 1. The fourth-order valence-electron chi connectivity index (χ4n) is 3.14. The molecular formula is C21H36N2O2. The minimum atomic E-state index is 0.145. The smallest absolute Gasteiger partial charge is 0.209 e. The third kappa shape index (κ3) is 7.57. The fraction of sp³-hybridized carbons (Fsp3) is 0.667. The first-order valence-electron chi connectivity index (χ1n) is 9.70. The lowest BCUT2D eigenvalue weighted by Gasteiger charge is -2.41. The highest BCUT2D eigenvalue weighted by Gasteiger charge is 2.24. The van der Waals surface area contributed by atoms with E-state index in [2.05, 4.69) is 37.8 Å². The van der Waals surface area contributed by atoms with Crippen LogP contribution in [0.25, 0.3) is 0 Å². The summed E-state index contributed by atoms with van der Waals surface area (Å²) in [4.78, 5) is 14.9. The van der Waals surface area contributed by atoms with Gasteiger partial charge in [-0.25, -0.2) is 0 Å². The van der Waals surface area contributed by atoms with Crippen molar-refractivity contribution in [1.29, 1.82) is 0 Å². The van der Waals surface area contributed by atoms with Crippen LogP contribution in [0.15, 0.2) is 30.3 Å². The molecule has 4 nitrogen and oxygen atoms in total. The summed E-state index contributed by atoms with van der Waals surface area (Å²) in [6.45, 7) is 14.2. The molecule has 0 spiro atoms. The summed E-state index contributed by atoms with van der Waals surface area (Å²) in [6, 6.07) is 11.8. The largest absolute Gasteiger partial charge is 0.374 e. The van der Waals surface area contributed by atoms with Crippen LogP contribution in [0.2, 0.25) is 0 Å². The zero-order chi connectivity index (χ0) is 18.7. The lowest BCUT2D eigenvalue weighted by Crippen LogP contribution is -2.49. The van der Waals surface area contributed by atoms with Gasteiger partial charge in [0.25, 0.3) is 0 Å². The van der Waals surface area contributed by atoms with E-state index in [-0.39, 0.29) is 6.10 Å². The van der Waals surface area contributed by atoms with E-state index in [0.717, 1.165) is 31.5 Å². The van der Waals surface area contributed by atoms with Gasteiger partial charge in [-0.3, -0.25) is 9.69 Å². The molecule has 142 valence electrons. The number of ether oxygens (including phenoxy) is 1. The van der Waals surface area contributed by atoms with Crippen molar-refractivity contribution in [2.24, 2.45) is 0 Å². The normalized spacial score (nSPS) is 22.9. The molecule has 4 heteroatoms. The van der Waals surface area contributed by atoms with E-state index in [4.69, 9.17) is 4.74 Å². The number of morpholine rings is 1. The molecule has 0 bridgehead atoms. The number of likely N-dealkylation sites (tertiary alicyclic amines) is 1. The average molecular weight is 349 g/mol. The summed E-state index contributed by atoms with van der Waals surface area (Å²) < 4.78 is 5.61. The van der Waals surface area contributed by atoms with E-state index in [0.29, 0.717) is 13.2 Å². The second kappa shape index (κ2) is 12.0. The van der Waals surface area contributed by atoms with Crippen LogP contribution >= 0.6 is 0 Å². The molecule has 2 heterocycles. The molecule has 1 aromatic carbocycles. The van der Waals surface area contributed by atoms with Gasteiger partial charge in [0, 0.05) is 38.1 Å². The van der Waals surface area contributed by atoms with Crippen molar-refractivity contribution in [3.05, 3.63) is 35.9 Å². The van der Waals surface area contributed by atoms with Crippen molar-refractivity contribution in [1.82, 2.24) is 9.80 Å². The van der Waals surface area contributed by atoms with E-state index in [1.54, 1.807) is 4.90 Å². The molecule has 0 radical (unpaired) electrons. The number of benzene rings is 1. The molecule has 0 aromatic heterocycles. The van der Waals surface area contributed by atoms with Crippen LogP contribution in [-0.4, -0.2) is 60.6 Å². The van der Waals surface area contributed by atoms with E-state index >= 15 is 0 Å². The molecule has 2 atom stereocenters. The maximum Gasteiger partial charge on any atom is 0.209 e. The molecule has 3 rings (SSSR count). The monoisotopic (exact) mass is 348 g/mol. The van der Waals surface area contributed by atoms with Crippen molar-refractivity contribution in [3.63, 3.8) is 0 Å². The van der Waals surface area contributed by atoms with Gasteiger partial charge in [-0.15, -0.1) is 0 Å². The minimum Gasteiger partial charge on any atom is -0.374 e. The summed E-state index contributed by atoms with van der Waals surface area (Å²) in [7, 11) is 0. The van der Waals surface area contributed by atoms with Crippen LogP contribution in [0.5, 0.6) is 0 Å². The maximum absolute atomic E-state index is 10.6. The first-order valence-corrected chi connectivity index (χ1v) is 9.70. The highest BCUT2D eigenvalue weighted by Crippen LogP contribution is 2.18. The molecule has 1 aromatic rings. The number of rotatable bonds is 4. The van der Waals surface area contributed by atoms with E-state index in [1.165, 1.54) is 18.5 Å². The van der Waals surface area contributed by atoms with Crippen molar-refractivity contribution in [3.8, 4) is 0 Å². The Kier molecular flexibility index (Phi) is 10.4. The molecule has 0 saturated carbocycles. The molecule has 2 aliphatic rings. The van der Waals surface area contributed by atoms with Crippen LogP contribution < -0.4 is 0 Å². The van der Waals surface area contributed by atoms with E-state index in [9.17, 15) is 4.79 Å². The van der Waals surface area contributed by atoms with Gasteiger partial charge in [-0.1, -0.05) is 44.2 Å². The Morgan fingerprint density at radius 2 is 1.88 bits per heavy atom. The molecular weight excluding hydrogens is 312 g/mol.